The molecule has 0 spiro atoms. The van der Waals surface area contributed by atoms with Crippen molar-refractivity contribution in [3.05, 3.63) is 70.0 Å². The largest absolute Gasteiger partial charge is 0.497 e. The minimum Gasteiger partial charge on any atom is -0.497 e. The number of rotatable bonds is 6. The number of methoxy groups -OCH3 is 1. The summed E-state index contributed by atoms with van der Waals surface area (Å²) in [7, 11) is 1.61. The van der Waals surface area contributed by atoms with E-state index in [4.69, 9.17) is 27.9 Å². The summed E-state index contributed by atoms with van der Waals surface area (Å²) in [6.45, 7) is 0.282. The fourth-order valence-corrected chi connectivity index (χ4v) is 2.67. The average Bonchev–Trinajstić information content (AvgIpc) is 3.12. The minimum atomic E-state index is -0.140. The normalized spacial score (nSPS) is 10.6. The van der Waals surface area contributed by atoms with Crippen LogP contribution in [0.5, 0.6) is 5.75 Å². The first kappa shape index (κ1) is 18.2. The molecule has 0 fully saturated rings. The van der Waals surface area contributed by atoms with Crippen molar-refractivity contribution in [3.8, 4) is 11.4 Å². The Kier molecular flexibility index (Phi) is 5.75. The van der Waals surface area contributed by atoms with E-state index in [2.05, 4.69) is 15.6 Å². The second-order valence-corrected chi connectivity index (χ2v) is 6.37. The van der Waals surface area contributed by atoms with E-state index < -0.39 is 0 Å². The number of hydrogen-bond acceptors (Lipinski definition) is 4. The maximum Gasteiger partial charge on any atom is 0.224 e. The number of hydrogen-bond donors (Lipinski definition) is 1. The Labute approximate surface area is 160 Å². The predicted octanol–water partition coefficient (Wildman–Crippen LogP) is 3.44. The van der Waals surface area contributed by atoms with Gasteiger partial charge >= 0.3 is 0 Å². The van der Waals surface area contributed by atoms with Gasteiger partial charge in [-0.05, 0) is 29.8 Å². The molecule has 1 heterocycles. The van der Waals surface area contributed by atoms with Crippen LogP contribution in [0.3, 0.4) is 0 Å². The van der Waals surface area contributed by atoms with Gasteiger partial charge in [-0.15, -0.1) is 5.10 Å². The lowest BCUT2D eigenvalue weighted by molar-refractivity contribution is -0.120. The van der Waals surface area contributed by atoms with Crippen LogP contribution < -0.4 is 10.1 Å². The molecule has 0 radical (unpaired) electrons. The van der Waals surface area contributed by atoms with E-state index in [1.165, 1.54) is 0 Å². The van der Waals surface area contributed by atoms with Gasteiger partial charge in [0.05, 0.1) is 42.0 Å². The number of carbonyl (C=O) groups excluding carboxylic acids is 1. The number of benzene rings is 2. The SMILES string of the molecule is COc1cccc(-n2cc(CNC(=O)Cc3ccc(Cl)c(Cl)c3)nn2)c1. The van der Waals surface area contributed by atoms with Gasteiger partial charge in [-0.25, -0.2) is 4.68 Å². The van der Waals surface area contributed by atoms with Crippen LogP contribution >= 0.6 is 23.2 Å². The molecule has 0 aliphatic carbocycles. The first-order valence-electron chi connectivity index (χ1n) is 7.81. The first-order valence-corrected chi connectivity index (χ1v) is 8.57. The van der Waals surface area contributed by atoms with Crippen LogP contribution in [0.4, 0.5) is 0 Å². The van der Waals surface area contributed by atoms with Gasteiger partial charge in [-0.1, -0.05) is 40.5 Å². The molecule has 1 N–H and O–H groups in total. The van der Waals surface area contributed by atoms with Crippen molar-refractivity contribution in [2.45, 2.75) is 13.0 Å². The molecule has 3 aromatic rings. The van der Waals surface area contributed by atoms with Crippen LogP contribution in [-0.2, 0) is 17.8 Å². The summed E-state index contributed by atoms with van der Waals surface area (Å²) in [6, 6.07) is 12.6. The standard InChI is InChI=1S/C18H16Cl2N4O2/c1-26-15-4-2-3-14(9-15)24-11-13(22-23-24)10-21-18(25)8-12-5-6-16(19)17(20)7-12/h2-7,9,11H,8,10H2,1H3,(H,21,25). The molecule has 1 aromatic heterocycles. The fourth-order valence-electron chi connectivity index (χ4n) is 2.35. The van der Waals surface area contributed by atoms with Crippen LogP contribution in [0.15, 0.2) is 48.7 Å². The highest BCUT2D eigenvalue weighted by molar-refractivity contribution is 6.42. The Hall–Kier alpha value is -2.57. The third-order valence-electron chi connectivity index (χ3n) is 3.67. The van der Waals surface area contributed by atoms with Crippen LogP contribution in [0.25, 0.3) is 5.69 Å². The van der Waals surface area contributed by atoms with E-state index in [0.29, 0.717) is 15.7 Å². The lowest BCUT2D eigenvalue weighted by atomic mass is 10.1. The van der Waals surface area contributed by atoms with Crippen molar-refractivity contribution in [1.82, 2.24) is 20.3 Å². The molecule has 0 saturated heterocycles. The van der Waals surface area contributed by atoms with E-state index >= 15 is 0 Å². The Morgan fingerprint density at radius 1 is 1.19 bits per heavy atom. The minimum absolute atomic E-state index is 0.140. The van der Waals surface area contributed by atoms with Gasteiger partial charge in [0.2, 0.25) is 5.91 Å². The Morgan fingerprint density at radius 2 is 2.04 bits per heavy atom. The second kappa shape index (κ2) is 8.21. The average molecular weight is 391 g/mol. The molecule has 6 nitrogen and oxygen atoms in total. The number of aromatic nitrogens is 3. The van der Waals surface area contributed by atoms with Crippen molar-refractivity contribution in [2.24, 2.45) is 0 Å². The number of ether oxygens (including phenoxy) is 1. The molecule has 0 aliphatic heterocycles. The smallest absolute Gasteiger partial charge is 0.224 e. The molecular weight excluding hydrogens is 375 g/mol. The molecule has 3 rings (SSSR count). The summed E-state index contributed by atoms with van der Waals surface area (Å²) in [5, 5.41) is 11.8. The third kappa shape index (κ3) is 4.53. The van der Waals surface area contributed by atoms with Crippen molar-refractivity contribution < 1.29 is 9.53 Å². The Bertz CT molecular complexity index is 927. The second-order valence-electron chi connectivity index (χ2n) is 5.56. The zero-order valence-electron chi connectivity index (χ0n) is 13.9. The summed E-state index contributed by atoms with van der Waals surface area (Å²) in [4.78, 5) is 12.1. The number of amides is 1. The van der Waals surface area contributed by atoms with Crippen LogP contribution in [-0.4, -0.2) is 28.0 Å². The van der Waals surface area contributed by atoms with Crippen LogP contribution in [0.2, 0.25) is 10.0 Å². The Balaban J connectivity index is 1.58. The highest BCUT2D eigenvalue weighted by Gasteiger charge is 2.08. The molecule has 0 bridgehead atoms. The monoisotopic (exact) mass is 390 g/mol. The fraction of sp³-hybridized carbons (Fsp3) is 0.167. The van der Waals surface area contributed by atoms with Gasteiger partial charge in [0.1, 0.15) is 11.4 Å². The molecule has 0 saturated carbocycles. The summed E-state index contributed by atoms with van der Waals surface area (Å²) in [5.41, 5.74) is 2.26. The van der Waals surface area contributed by atoms with E-state index in [1.807, 2.05) is 24.3 Å². The summed E-state index contributed by atoms with van der Waals surface area (Å²) in [6.07, 6.45) is 1.97. The molecule has 26 heavy (non-hydrogen) atoms. The van der Waals surface area contributed by atoms with Crippen LogP contribution in [0.1, 0.15) is 11.3 Å². The summed E-state index contributed by atoms with van der Waals surface area (Å²) < 4.78 is 6.83. The molecule has 0 aliphatic rings. The topological polar surface area (TPSA) is 69.0 Å². The lowest BCUT2D eigenvalue weighted by Crippen LogP contribution is -2.24. The van der Waals surface area contributed by atoms with Crippen molar-refractivity contribution in [2.75, 3.05) is 7.11 Å². The molecule has 8 heteroatoms. The van der Waals surface area contributed by atoms with E-state index in [0.717, 1.165) is 17.0 Å². The van der Waals surface area contributed by atoms with Gasteiger partial charge in [0.25, 0.3) is 0 Å². The van der Waals surface area contributed by atoms with Crippen molar-refractivity contribution in [1.29, 1.82) is 0 Å². The molecule has 0 atom stereocenters. The highest BCUT2D eigenvalue weighted by atomic mass is 35.5. The number of carbonyl (C=O) groups is 1. The van der Waals surface area contributed by atoms with Gasteiger partial charge < -0.3 is 10.1 Å². The molecule has 1 amide bonds. The van der Waals surface area contributed by atoms with Gasteiger partial charge in [0.15, 0.2) is 0 Å². The zero-order chi connectivity index (χ0) is 18.5. The molecular formula is C18H16Cl2N4O2. The Morgan fingerprint density at radius 3 is 2.81 bits per heavy atom. The number of halogens is 2. The molecule has 0 unspecified atom stereocenters. The third-order valence-corrected chi connectivity index (χ3v) is 4.41. The molecule has 134 valence electrons. The summed E-state index contributed by atoms with van der Waals surface area (Å²) >= 11 is 11.8. The van der Waals surface area contributed by atoms with Crippen molar-refractivity contribution in [3.63, 3.8) is 0 Å². The van der Waals surface area contributed by atoms with Crippen molar-refractivity contribution >= 4 is 29.1 Å². The van der Waals surface area contributed by atoms with E-state index in [-0.39, 0.29) is 18.9 Å². The molecule has 2 aromatic carbocycles. The number of nitrogens with one attached hydrogen (secondary N) is 1. The maximum absolute atomic E-state index is 12.1. The van der Waals surface area contributed by atoms with Gasteiger partial charge in [0, 0.05) is 6.07 Å². The number of nitrogens with zero attached hydrogens (tertiary/aromatic N) is 3. The quantitative estimate of drug-likeness (QED) is 0.699. The van der Waals surface area contributed by atoms with E-state index in [9.17, 15) is 4.79 Å². The van der Waals surface area contributed by atoms with E-state index in [1.54, 1.807) is 36.2 Å². The predicted molar refractivity (Wildman–Crippen MR) is 99.9 cm³/mol. The highest BCUT2D eigenvalue weighted by Crippen LogP contribution is 2.22. The first-order chi connectivity index (χ1) is 12.5. The summed E-state index contributed by atoms with van der Waals surface area (Å²) in [5.74, 6) is 0.591. The van der Waals surface area contributed by atoms with Gasteiger partial charge in [-0.3, -0.25) is 4.79 Å². The van der Waals surface area contributed by atoms with Crippen LogP contribution in [0, 0.1) is 0 Å². The zero-order valence-corrected chi connectivity index (χ0v) is 15.5. The van der Waals surface area contributed by atoms with Gasteiger partial charge in [-0.2, -0.15) is 0 Å². The maximum atomic E-state index is 12.1. The lowest BCUT2D eigenvalue weighted by Gasteiger charge is -2.05.